The number of piperidine rings is 1. The number of rotatable bonds is 7. The molecule has 10 nitrogen and oxygen atoms in total. The molecule has 1 aromatic carbocycles. The monoisotopic (exact) mass is 498 g/mol. The SMILES string of the molecule is COc1nc(N[C@H]2CCN(C3COC3)C[C@@H]2F)nn2ccc(-c3ccc4nnn(C[C@H](C)F)c4c3)c12. The van der Waals surface area contributed by atoms with Crippen molar-refractivity contribution in [2.75, 3.05) is 38.7 Å². The molecule has 190 valence electrons. The van der Waals surface area contributed by atoms with E-state index in [2.05, 4.69) is 30.6 Å². The number of methoxy groups -OCH3 is 1. The first-order valence-corrected chi connectivity index (χ1v) is 12.1. The van der Waals surface area contributed by atoms with E-state index in [1.165, 1.54) is 6.92 Å². The van der Waals surface area contributed by atoms with E-state index in [0.717, 1.165) is 23.2 Å². The van der Waals surface area contributed by atoms with Crippen LogP contribution in [-0.4, -0.2) is 92.3 Å². The van der Waals surface area contributed by atoms with Crippen LogP contribution in [0.2, 0.25) is 0 Å². The molecule has 4 aromatic rings. The summed E-state index contributed by atoms with van der Waals surface area (Å²) in [4.78, 5) is 6.71. The van der Waals surface area contributed by atoms with Gasteiger partial charge in [-0.3, -0.25) is 4.90 Å². The van der Waals surface area contributed by atoms with Crippen molar-refractivity contribution < 1.29 is 18.3 Å². The number of hydrogen-bond acceptors (Lipinski definition) is 8. The number of nitrogens with zero attached hydrogens (tertiary/aromatic N) is 7. The minimum Gasteiger partial charge on any atom is -0.479 e. The van der Waals surface area contributed by atoms with Gasteiger partial charge in [0.2, 0.25) is 11.8 Å². The number of fused-ring (bicyclic) bond motifs is 2. The number of halogens is 2. The lowest BCUT2D eigenvalue weighted by Crippen LogP contribution is -2.57. The zero-order valence-corrected chi connectivity index (χ0v) is 20.1. The van der Waals surface area contributed by atoms with Crippen LogP contribution < -0.4 is 10.1 Å². The Kier molecular flexibility index (Phi) is 5.92. The molecule has 2 saturated heterocycles. The summed E-state index contributed by atoms with van der Waals surface area (Å²) >= 11 is 0. The van der Waals surface area contributed by atoms with E-state index in [1.807, 2.05) is 30.5 Å². The minimum atomic E-state index is -1.04. The molecule has 0 spiro atoms. The molecule has 0 bridgehead atoms. The topological polar surface area (TPSA) is 94.6 Å². The molecule has 0 radical (unpaired) electrons. The van der Waals surface area contributed by atoms with Crippen LogP contribution in [0.5, 0.6) is 5.88 Å². The molecule has 2 fully saturated rings. The van der Waals surface area contributed by atoms with Crippen molar-refractivity contribution in [1.82, 2.24) is 34.5 Å². The molecule has 3 aromatic heterocycles. The van der Waals surface area contributed by atoms with Crippen molar-refractivity contribution in [2.24, 2.45) is 0 Å². The van der Waals surface area contributed by atoms with Gasteiger partial charge in [-0.05, 0) is 37.1 Å². The van der Waals surface area contributed by atoms with Crippen molar-refractivity contribution in [3.8, 4) is 17.0 Å². The minimum absolute atomic E-state index is 0.126. The maximum atomic E-state index is 15.0. The van der Waals surface area contributed by atoms with Crippen LogP contribution in [0.3, 0.4) is 0 Å². The number of ether oxygens (including phenoxy) is 2. The predicted molar refractivity (Wildman–Crippen MR) is 130 cm³/mol. The van der Waals surface area contributed by atoms with E-state index in [0.29, 0.717) is 55.1 Å². The summed E-state index contributed by atoms with van der Waals surface area (Å²) < 4.78 is 42.7. The average molecular weight is 499 g/mol. The molecule has 1 N–H and O–H groups in total. The number of hydrogen-bond donors (Lipinski definition) is 1. The predicted octanol–water partition coefficient (Wildman–Crippen LogP) is 2.73. The van der Waals surface area contributed by atoms with Crippen LogP contribution in [0.15, 0.2) is 30.5 Å². The first-order valence-electron chi connectivity index (χ1n) is 12.1. The summed E-state index contributed by atoms with van der Waals surface area (Å²) in [5.41, 5.74) is 3.83. The summed E-state index contributed by atoms with van der Waals surface area (Å²) in [6, 6.07) is 7.56. The molecule has 3 atom stereocenters. The van der Waals surface area contributed by atoms with E-state index < -0.39 is 12.3 Å². The van der Waals surface area contributed by atoms with E-state index >= 15 is 0 Å². The highest BCUT2D eigenvalue weighted by atomic mass is 19.1. The lowest BCUT2D eigenvalue weighted by molar-refractivity contribution is -0.0794. The van der Waals surface area contributed by atoms with Gasteiger partial charge in [-0.2, -0.15) is 4.98 Å². The molecular formula is C24H28F2N8O2. The lowest BCUT2D eigenvalue weighted by Gasteiger charge is -2.42. The fourth-order valence-corrected chi connectivity index (χ4v) is 4.96. The van der Waals surface area contributed by atoms with Gasteiger partial charge in [0.25, 0.3) is 0 Å². The molecule has 5 heterocycles. The normalized spacial score (nSPS) is 22.1. The van der Waals surface area contributed by atoms with Gasteiger partial charge in [0.05, 0.1) is 44.5 Å². The number of nitrogens with one attached hydrogen (secondary N) is 1. The number of benzene rings is 1. The van der Waals surface area contributed by atoms with Crippen LogP contribution in [-0.2, 0) is 11.3 Å². The highest BCUT2D eigenvalue weighted by Crippen LogP contribution is 2.33. The second-order valence-corrected chi connectivity index (χ2v) is 9.46. The number of aromatic nitrogens is 6. The summed E-state index contributed by atoms with van der Waals surface area (Å²) in [5, 5.41) is 16.0. The highest BCUT2D eigenvalue weighted by Gasteiger charge is 2.35. The van der Waals surface area contributed by atoms with Crippen LogP contribution in [0.1, 0.15) is 13.3 Å². The largest absolute Gasteiger partial charge is 0.479 e. The standard InChI is InChI=1S/C24H28F2N8O2/c1-14(25)10-34-21-9-15(3-4-20(21)29-31-34)17-5-8-33-22(17)23(35-2)28-24(30-33)27-19-6-7-32(11-18(19)26)16-12-36-13-16/h3-5,8-9,14,16,18-19H,6-7,10-13H2,1-2H3,(H,27,30)/t14-,18-,19-/m0/s1. The fraction of sp³-hybridized carbons (Fsp3) is 0.500. The summed E-state index contributed by atoms with van der Waals surface area (Å²) in [5.74, 6) is 0.681. The Hall–Kier alpha value is -3.38. The number of alkyl halides is 2. The Morgan fingerprint density at radius 3 is 2.86 bits per heavy atom. The van der Waals surface area contributed by atoms with Crippen molar-refractivity contribution in [1.29, 1.82) is 0 Å². The van der Waals surface area contributed by atoms with Crippen molar-refractivity contribution in [2.45, 2.75) is 44.3 Å². The van der Waals surface area contributed by atoms with Crippen LogP contribution in [0.25, 0.3) is 27.7 Å². The molecule has 12 heteroatoms. The lowest BCUT2D eigenvalue weighted by atomic mass is 10.0. The zero-order chi connectivity index (χ0) is 24.8. The van der Waals surface area contributed by atoms with Crippen LogP contribution in [0.4, 0.5) is 14.7 Å². The molecule has 36 heavy (non-hydrogen) atoms. The third-order valence-corrected chi connectivity index (χ3v) is 6.95. The molecule has 0 unspecified atom stereocenters. The van der Waals surface area contributed by atoms with Gasteiger partial charge >= 0.3 is 0 Å². The second kappa shape index (κ2) is 9.25. The summed E-state index contributed by atoms with van der Waals surface area (Å²) in [6.07, 6.45) is 0.381. The summed E-state index contributed by atoms with van der Waals surface area (Å²) in [6.45, 7) is 4.14. The molecule has 0 saturated carbocycles. The van der Waals surface area contributed by atoms with Gasteiger partial charge in [0.1, 0.15) is 23.4 Å². The average Bonchev–Trinajstić information content (AvgIpc) is 3.43. The number of likely N-dealkylation sites (tertiary alicyclic amines) is 1. The second-order valence-electron chi connectivity index (χ2n) is 9.46. The van der Waals surface area contributed by atoms with Crippen molar-refractivity contribution >= 4 is 22.5 Å². The smallest absolute Gasteiger partial charge is 0.244 e. The van der Waals surface area contributed by atoms with Gasteiger partial charge in [0, 0.05) is 24.8 Å². The van der Waals surface area contributed by atoms with E-state index in [4.69, 9.17) is 9.47 Å². The number of anilines is 1. The molecule has 0 aliphatic carbocycles. The van der Waals surface area contributed by atoms with Gasteiger partial charge in [-0.15, -0.1) is 10.2 Å². The third kappa shape index (κ3) is 4.13. The van der Waals surface area contributed by atoms with Crippen molar-refractivity contribution in [3.63, 3.8) is 0 Å². The maximum Gasteiger partial charge on any atom is 0.244 e. The Balaban J connectivity index is 1.28. The van der Waals surface area contributed by atoms with Gasteiger partial charge in [0.15, 0.2) is 0 Å². The Morgan fingerprint density at radius 2 is 2.14 bits per heavy atom. The molecule has 2 aliphatic heterocycles. The summed E-state index contributed by atoms with van der Waals surface area (Å²) in [7, 11) is 1.55. The zero-order valence-electron chi connectivity index (χ0n) is 20.1. The van der Waals surface area contributed by atoms with Crippen LogP contribution >= 0.6 is 0 Å². The fourth-order valence-electron chi connectivity index (χ4n) is 4.96. The molecular weight excluding hydrogens is 470 g/mol. The first kappa shape index (κ1) is 23.0. The third-order valence-electron chi connectivity index (χ3n) is 6.95. The van der Waals surface area contributed by atoms with Gasteiger partial charge < -0.3 is 14.8 Å². The molecule has 2 aliphatic rings. The van der Waals surface area contributed by atoms with E-state index in [1.54, 1.807) is 16.3 Å². The van der Waals surface area contributed by atoms with E-state index in [-0.39, 0.29) is 12.6 Å². The van der Waals surface area contributed by atoms with Gasteiger partial charge in [-0.25, -0.2) is 18.0 Å². The maximum absolute atomic E-state index is 15.0. The molecule has 6 rings (SSSR count). The Bertz CT molecular complexity index is 1390. The molecule has 0 amide bonds. The quantitative estimate of drug-likeness (QED) is 0.416. The Morgan fingerprint density at radius 1 is 1.28 bits per heavy atom. The first-order chi connectivity index (χ1) is 17.5. The highest BCUT2D eigenvalue weighted by molar-refractivity contribution is 5.89. The van der Waals surface area contributed by atoms with Crippen molar-refractivity contribution in [3.05, 3.63) is 30.5 Å². The van der Waals surface area contributed by atoms with Gasteiger partial charge in [-0.1, -0.05) is 11.3 Å². The Labute approximate surface area is 206 Å². The van der Waals surface area contributed by atoms with Crippen LogP contribution in [0, 0.1) is 0 Å². The van der Waals surface area contributed by atoms with E-state index in [9.17, 15) is 8.78 Å².